The van der Waals surface area contributed by atoms with E-state index in [1.165, 1.54) is 0 Å². The molecular formula is C19H24N6O. The third-order valence-corrected chi connectivity index (χ3v) is 5.46. The lowest BCUT2D eigenvalue weighted by Gasteiger charge is -2.32. The molecule has 3 aromatic rings. The van der Waals surface area contributed by atoms with Gasteiger partial charge in [-0.1, -0.05) is 0 Å². The van der Waals surface area contributed by atoms with Crippen LogP contribution < -0.4 is 0 Å². The van der Waals surface area contributed by atoms with Gasteiger partial charge in [0.05, 0.1) is 12.4 Å². The predicted molar refractivity (Wildman–Crippen MR) is 98.7 cm³/mol. The summed E-state index contributed by atoms with van der Waals surface area (Å²) in [5.74, 6) is 0.515. The van der Waals surface area contributed by atoms with Crippen LogP contribution in [0.3, 0.4) is 0 Å². The molecule has 1 atom stereocenters. The molecule has 1 unspecified atom stereocenters. The highest BCUT2D eigenvalue weighted by atomic mass is 16.2. The molecule has 0 saturated carbocycles. The van der Waals surface area contributed by atoms with Crippen molar-refractivity contribution < 1.29 is 4.79 Å². The Morgan fingerprint density at radius 2 is 2.23 bits per heavy atom. The number of hydrogen-bond donors (Lipinski definition) is 1. The third-order valence-electron chi connectivity index (χ3n) is 5.46. The van der Waals surface area contributed by atoms with Gasteiger partial charge in [-0.25, -0.2) is 4.98 Å². The number of hydrogen-bond acceptors (Lipinski definition) is 4. The van der Waals surface area contributed by atoms with Crippen LogP contribution >= 0.6 is 0 Å². The Morgan fingerprint density at radius 3 is 3.04 bits per heavy atom. The zero-order chi connectivity index (χ0) is 18.1. The number of aryl methyl sites for hydroxylation is 2. The number of aromatic nitrogens is 5. The van der Waals surface area contributed by atoms with E-state index in [-0.39, 0.29) is 5.91 Å². The van der Waals surface area contributed by atoms with Crippen molar-refractivity contribution >= 4 is 16.9 Å². The summed E-state index contributed by atoms with van der Waals surface area (Å²) in [6.45, 7) is 3.63. The van der Waals surface area contributed by atoms with Crippen molar-refractivity contribution in [3.05, 3.63) is 41.5 Å². The van der Waals surface area contributed by atoms with Gasteiger partial charge in [-0.15, -0.1) is 0 Å². The van der Waals surface area contributed by atoms with Crippen molar-refractivity contribution in [3.8, 4) is 0 Å². The highest BCUT2D eigenvalue weighted by Crippen LogP contribution is 2.27. The van der Waals surface area contributed by atoms with Crippen LogP contribution in [0.5, 0.6) is 0 Å². The third kappa shape index (κ3) is 3.21. The number of carbonyl (C=O) groups excluding carboxylic acids is 1. The smallest absolute Gasteiger partial charge is 0.222 e. The van der Waals surface area contributed by atoms with E-state index in [2.05, 4.69) is 21.4 Å². The number of aromatic amines is 1. The lowest BCUT2D eigenvalue weighted by Crippen LogP contribution is -2.39. The fourth-order valence-corrected chi connectivity index (χ4v) is 3.70. The second kappa shape index (κ2) is 6.90. The average molecular weight is 352 g/mol. The van der Waals surface area contributed by atoms with Crippen LogP contribution in [-0.4, -0.2) is 48.9 Å². The predicted octanol–water partition coefficient (Wildman–Crippen LogP) is 2.34. The molecule has 1 amide bonds. The van der Waals surface area contributed by atoms with Crippen LogP contribution in [0, 0.1) is 6.92 Å². The van der Waals surface area contributed by atoms with Gasteiger partial charge in [0.25, 0.3) is 0 Å². The first-order valence-electron chi connectivity index (χ1n) is 9.17. The Labute approximate surface area is 152 Å². The number of amides is 1. The summed E-state index contributed by atoms with van der Waals surface area (Å²) in [6, 6.07) is 4.11. The van der Waals surface area contributed by atoms with Crippen LogP contribution in [0.25, 0.3) is 11.0 Å². The van der Waals surface area contributed by atoms with E-state index in [0.29, 0.717) is 12.3 Å². The topological polar surface area (TPSA) is 79.7 Å². The SMILES string of the molecule is Cc1c(CCC(=O)N2CCCC(c3ccc4cn[nH]c4n3)C2)cnn1C. The van der Waals surface area contributed by atoms with Gasteiger partial charge in [-0.05, 0) is 43.9 Å². The summed E-state index contributed by atoms with van der Waals surface area (Å²) in [5, 5.41) is 12.2. The van der Waals surface area contributed by atoms with Crippen LogP contribution in [0.1, 0.15) is 42.1 Å². The van der Waals surface area contributed by atoms with Gasteiger partial charge in [0, 0.05) is 49.2 Å². The molecule has 1 fully saturated rings. The normalized spacial score (nSPS) is 17.8. The number of pyridine rings is 1. The minimum atomic E-state index is 0.223. The standard InChI is InChI=1S/C19H24N6O/c1-13-14(11-21-24(13)2)6-8-18(26)25-9-3-4-16(12-25)17-7-5-15-10-20-23-19(15)22-17/h5,7,10-11,16H,3-4,6,8-9,12H2,1-2H3,(H,20,22,23). The molecular weight excluding hydrogens is 328 g/mol. The summed E-state index contributed by atoms with van der Waals surface area (Å²) in [5.41, 5.74) is 4.15. The number of piperidine rings is 1. The quantitative estimate of drug-likeness (QED) is 0.781. The zero-order valence-corrected chi connectivity index (χ0v) is 15.3. The number of H-pyrrole nitrogens is 1. The fourth-order valence-electron chi connectivity index (χ4n) is 3.70. The first-order chi connectivity index (χ1) is 12.6. The maximum atomic E-state index is 12.7. The molecule has 1 saturated heterocycles. The van der Waals surface area contributed by atoms with Gasteiger partial charge in [0.1, 0.15) is 0 Å². The molecule has 0 aliphatic carbocycles. The molecule has 26 heavy (non-hydrogen) atoms. The molecule has 1 aliphatic heterocycles. The van der Waals surface area contributed by atoms with E-state index in [9.17, 15) is 4.79 Å². The van der Waals surface area contributed by atoms with Gasteiger partial charge in [0.2, 0.25) is 5.91 Å². The van der Waals surface area contributed by atoms with Crippen molar-refractivity contribution in [2.24, 2.45) is 7.05 Å². The van der Waals surface area contributed by atoms with Gasteiger partial charge in [0.15, 0.2) is 5.65 Å². The van der Waals surface area contributed by atoms with Crippen molar-refractivity contribution in [2.75, 3.05) is 13.1 Å². The van der Waals surface area contributed by atoms with Gasteiger partial charge >= 0.3 is 0 Å². The highest BCUT2D eigenvalue weighted by Gasteiger charge is 2.25. The molecule has 0 bridgehead atoms. The second-order valence-electron chi connectivity index (χ2n) is 7.10. The molecule has 0 radical (unpaired) electrons. The monoisotopic (exact) mass is 352 g/mol. The van der Waals surface area contributed by atoms with Crippen LogP contribution in [-0.2, 0) is 18.3 Å². The maximum absolute atomic E-state index is 12.7. The van der Waals surface area contributed by atoms with Gasteiger partial charge in [-0.3, -0.25) is 14.6 Å². The lowest BCUT2D eigenvalue weighted by atomic mass is 9.93. The minimum Gasteiger partial charge on any atom is -0.342 e. The number of likely N-dealkylation sites (tertiary alicyclic amines) is 1. The molecule has 1 N–H and O–H groups in total. The largest absolute Gasteiger partial charge is 0.342 e. The summed E-state index contributed by atoms with van der Waals surface area (Å²) >= 11 is 0. The first-order valence-corrected chi connectivity index (χ1v) is 9.17. The molecule has 3 aromatic heterocycles. The first kappa shape index (κ1) is 16.8. The number of nitrogens with zero attached hydrogens (tertiary/aromatic N) is 5. The molecule has 0 spiro atoms. The zero-order valence-electron chi connectivity index (χ0n) is 15.3. The van der Waals surface area contributed by atoms with E-state index in [1.54, 1.807) is 6.20 Å². The molecule has 136 valence electrons. The number of rotatable bonds is 4. The molecule has 7 nitrogen and oxygen atoms in total. The fraction of sp³-hybridized carbons (Fsp3) is 0.474. The Balaban J connectivity index is 1.40. The lowest BCUT2D eigenvalue weighted by molar-refractivity contribution is -0.132. The molecule has 1 aliphatic rings. The Bertz CT molecular complexity index is 927. The summed E-state index contributed by atoms with van der Waals surface area (Å²) in [4.78, 5) is 19.4. The van der Waals surface area contributed by atoms with Crippen molar-refractivity contribution in [1.29, 1.82) is 0 Å². The van der Waals surface area contributed by atoms with E-state index in [4.69, 9.17) is 4.98 Å². The van der Waals surface area contributed by atoms with Crippen LogP contribution in [0.15, 0.2) is 24.5 Å². The summed E-state index contributed by atoms with van der Waals surface area (Å²) in [6.07, 6.45) is 7.02. The van der Waals surface area contributed by atoms with Crippen molar-refractivity contribution in [3.63, 3.8) is 0 Å². The summed E-state index contributed by atoms with van der Waals surface area (Å²) < 4.78 is 1.86. The van der Waals surface area contributed by atoms with Crippen molar-refractivity contribution in [2.45, 2.75) is 38.5 Å². The number of carbonyl (C=O) groups is 1. The average Bonchev–Trinajstić information content (AvgIpc) is 3.26. The van der Waals surface area contributed by atoms with E-state index >= 15 is 0 Å². The molecule has 4 heterocycles. The van der Waals surface area contributed by atoms with E-state index in [0.717, 1.165) is 60.3 Å². The molecule has 4 rings (SSSR count). The Hall–Kier alpha value is -2.70. The van der Waals surface area contributed by atoms with E-state index in [1.807, 2.05) is 35.8 Å². The Morgan fingerprint density at radius 1 is 1.35 bits per heavy atom. The molecule has 7 heteroatoms. The molecule has 0 aromatic carbocycles. The van der Waals surface area contributed by atoms with Crippen LogP contribution in [0.2, 0.25) is 0 Å². The second-order valence-corrected chi connectivity index (χ2v) is 7.10. The number of nitrogens with one attached hydrogen (secondary N) is 1. The maximum Gasteiger partial charge on any atom is 0.222 e. The minimum absolute atomic E-state index is 0.223. The number of fused-ring (bicyclic) bond motifs is 1. The van der Waals surface area contributed by atoms with Crippen LogP contribution in [0.4, 0.5) is 0 Å². The van der Waals surface area contributed by atoms with E-state index < -0.39 is 0 Å². The van der Waals surface area contributed by atoms with Gasteiger partial charge < -0.3 is 4.90 Å². The highest BCUT2D eigenvalue weighted by molar-refractivity contribution is 5.77. The van der Waals surface area contributed by atoms with Gasteiger partial charge in [-0.2, -0.15) is 10.2 Å². The summed E-state index contributed by atoms with van der Waals surface area (Å²) in [7, 11) is 1.93. The van der Waals surface area contributed by atoms with Crippen molar-refractivity contribution in [1.82, 2.24) is 29.9 Å². The Kier molecular flexibility index (Phi) is 4.44.